The lowest BCUT2D eigenvalue weighted by atomic mass is 9.86. The zero-order valence-electron chi connectivity index (χ0n) is 22.9. The van der Waals surface area contributed by atoms with E-state index in [-0.39, 0.29) is 18.2 Å². The molecular formula is C33H27FN4O4. The summed E-state index contributed by atoms with van der Waals surface area (Å²) < 4.78 is 24.6. The highest BCUT2D eigenvalue weighted by molar-refractivity contribution is 6.28. The van der Waals surface area contributed by atoms with Crippen LogP contribution in [0.15, 0.2) is 83.4 Å². The van der Waals surface area contributed by atoms with Gasteiger partial charge in [0, 0.05) is 48.7 Å². The van der Waals surface area contributed by atoms with Gasteiger partial charge in [0.2, 0.25) is 0 Å². The molecule has 2 heterocycles. The molecule has 8 nitrogen and oxygen atoms in total. The second kappa shape index (κ2) is 10.3. The van der Waals surface area contributed by atoms with Gasteiger partial charge in [-0.25, -0.2) is 9.18 Å². The number of ether oxygens (including phenoxy) is 1. The molecule has 5 aromatic rings. The molecule has 1 aliphatic carbocycles. The monoisotopic (exact) mass is 562 g/mol. The maximum atomic E-state index is 13.9. The lowest BCUT2D eigenvalue weighted by Crippen LogP contribution is -2.46. The van der Waals surface area contributed by atoms with Crippen LogP contribution in [0.2, 0.25) is 0 Å². The van der Waals surface area contributed by atoms with Crippen molar-refractivity contribution in [2.75, 3.05) is 47.9 Å². The number of ketones is 1. The van der Waals surface area contributed by atoms with Crippen LogP contribution in [0.5, 0.6) is 0 Å². The molecule has 0 spiro atoms. The summed E-state index contributed by atoms with van der Waals surface area (Å²) in [5.41, 5.74) is 5.85. The average Bonchev–Trinajstić information content (AvgIpc) is 3.46. The first-order valence-electron chi connectivity index (χ1n) is 13.9. The average molecular weight is 563 g/mol. The van der Waals surface area contributed by atoms with E-state index in [9.17, 15) is 14.0 Å². The summed E-state index contributed by atoms with van der Waals surface area (Å²) in [6, 6.07) is 22.9. The van der Waals surface area contributed by atoms with Crippen molar-refractivity contribution >= 4 is 45.4 Å². The van der Waals surface area contributed by atoms with Gasteiger partial charge >= 0.3 is 5.97 Å². The van der Waals surface area contributed by atoms with Crippen LogP contribution in [0.1, 0.15) is 33.2 Å². The zero-order chi connectivity index (χ0) is 28.8. The minimum absolute atomic E-state index is 0.122. The molecule has 0 unspecified atom stereocenters. The Labute approximate surface area is 241 Å². The van der Waals surface area contributed by atoms with E-state index in [4.69, 9.17) is 9.26 Å². The van der Waals surface area contributed by atoms with Crippen molar-refractivity contribution in [3.05, 3.63) is 101 Å². The van der Waals surface area contributed by atoms with Gasteiger partial charge in [-0.1, -0.05) is 35.5 Å². The summed E-state index contributed by atoms with van der Waals surface area (Å²) in [5, 5.41) is 8.56. The highest BCUT2D eigenvalue weighted by atomic mass is 19.1. The third kappa shape index (κ3) is 4.34. The number of nitrogens with one attached hydrogen (secondary N) is 1. The topological polar surface area (TPSA) is 87.9 Å². The van der Waals surface area contributed by atoms with E-state index in [2.05, 4.69) is 20.3 Å². The highest BCUT2D eigenvalue weighted by Crippen LogP contribution is 2.46. The van der Waals surface area contributed by atoms with Gasteiger partial charge in [-0.05, 0) is 55.5 Å². The number of rotatable bonds is 6. The van der Waals surface area contributed by atoms with Gasteiger partial charge < -0.3 is 24.4 Å². The molecule has 0 saturated carbocycles. The summed E-state index contributed by atoms with van der Waals surface area (Å²) in [5.74, 6) is -0.232. The highest BCUT2D eigenvalue weighted by Gasteiger charge is 2.34. The molecule has 210 valence electrons. The Morgan fingerprint density at radius 1 is 0.952 bits per heavy atom. The maximum absolute atomic E-state index is 13.9. The molecule has 1 aromatic heterocycles. The van der Waals surface area contributed by atoms with Gasteiger partial charge in [0.05, 0.1) is 34.5 Å². The Bertz CT molecular complexity index is 1840. The number of halogens is 1. The lowest BCUT2D eigenvalue weighted by molar-refractivity contribution is 0.0526. The Morgan fingerprint density at radius 2 is 1.69 bits per heavy atom. The molecule has 0 atom stereocenters. The normalized spacial score (nSPS) is 14.2. The minimum Gasteiger partial charge on any atom is -0.462 e. The van der Waals surface area contributed by atoms with Gasteiger partial charge in [-0.2, -0.15) is 0 Å². The number of piperazine rings is 1. The number of hydrogen-bond acceptors (Lipinski definition) is 8. The first-order valence-corrected chi connectivity index (χ1v) is 13.9. The fraction of sp³-hybridized carbons (Fsp3) is 0.182. The predicted molar refractivity (Wildman–Crippen MR) is 159 cm³/mol. The Kier molecular flexibility index (Phi) is 6.34. The molecule has 7 rings (SSSR count). The summed E-state index contributed by atoms with van der Waals surface area (Å²) >= 11 is 0. The largest absolute Gasteiger partial charge is 0.462 e. The standard InChI is InChI=1S/C33H27FN4O4/c1-2-41-33(40)20-6-5-7-22(18-20)35-26-19-27(38-16-14-37(15-17-38)23-12-10-21(34)11-13-23)30-29-28(26)31(39)24-8-3-4-9-25(24)32(29)42-36-30/h3-13,18-19,35H,2,14-17H2,1H3. The predicted octanol–water partition coefficient (Wildman–Crippen LogP) is 6.43. The number of fused-ring (bicyclic) bond motifs is 2. The second-order valence-corrected chi connectivity index (χ2v) is 10.3. The van der Waals surface area contributed by atoms with Crippen LogP contribution in [-0.2, 0) is 4.74 Å². The van der Waals surface area contributed by atoms with Crippen molar-refractivity contribution in [2.24, 2.45) is 0 Å². The first kappa shape index (κ1) is 25.8. The van der Waals surface area contributed by atoms with Gasteiger partial charge in [0.1, 0.15) is 11.3 Å². The van der Waals surface area contributed by atoms with Gasteiger partial charge in [-0.15, -0.1) is 0 Å². The van der Waals surface area contributed by atoms with Gasteiger partial charge in [-0.3, -0.25) is 4.79 Å². The molecule has 9 heteroatoms. The smallest absolute Gasteiger partial charge is 0.338 e. The molecule has 2 aliphatic rings. The van der Waals surface area contributed by atoms with E-state index in [1.165, 1.54) is 12.1 Å². The van der Waals surface area contributed by atoms with E-state index < -0.39 is 5.97 Å². The molecule has 0 bridgehead atoms. The minimum atomic E-state index is -0.413. The number of aromatic nitrogens is 1. The van der Waals surface area contributed by atoms with Crippen molar-refractivity contribution in [2.45, 2.75) is 6.92 Å². The van der Waals surface area contributed by atoms with E-state index in [0.29, 0.717) is 63.4 Å². The summed E-state index contributed by atoms with van der Waals surface area (Å²) in [7, 11) is 0. The molecule has 0 amide bonds. The van der Waals surface area contributed by atoms with E-state index >= 15 is 0 Å². The molecule has 4 aromatic carbocycles. The zero-order valence-corrected chi connectivity index (χ0v) is 22.9. The number of benzene rings is 4. The maximum Gasteiger partial charge on any atom is 0.338 e. The number of carbonyl (C=O) groups excluding carboxylic acids is 2. The molecule has 42 heavy (non-hydrogen) atoms. The van der Waals surface area contributed by atoms with Crippen LogP contribution in [-0.4, -0.2) is 49.7 Å². The van der Waals surface area contributed by atoms with Gasteiger partial charge in [0.15, 0.2) is 11.5 Å². The first-order chi connectivity index (χ1) is 20.5. The van der Waals surface area contributed by atoms with Crippen molar-refractivity contribution in [3.8, 4) is 11.3 Å². The van der Waals surface area contributed by atoms with Gasteiger partial charge in [0.25, 0.3) is 0 Å². The van der Waals surface area contributed by atoms with Crippen molar-refractivity contribution in [1.29, 1.82) is 0 Å². The molecule has 1 N–H and O–H groups in total. The van der Waals surface area contributed by atoms with Crippen LogP contribution in [0.4, 0.5) is 27.1 Å². The van der Waals surface area contributed by atoms with Crippen LogP contribution in [0.3, 0.4) is 0 Å². The van der Waals surface area contributed by atoms with Crippen molar-refractivity contribution in [1.82, 2.24) is 5.16 Å². The quantitative estimate of drug-likeness (QED) is 0.233. The summed E-state index contributed by atoms with van der Waals surface area (Å²) in [6.45, 7) is 4.88. The molecule has 1 fully saturated rings. The van der Waals surface area contributed by atoms with Crippen LogP contribution < -0.4 is 15.1 Å². The molecule has 1 saturated heterocycles. The summed E-state index contributed by atoms with van der Waals surface area (Å²) in [4.78, 5) is 30.8. The molecule has 1 aliphatic heterocycles. The van der Waals surface area contributed by atoms with Crippen molar-refractivity contribution in [3.63, 3.8) is 0 Å². The second-order valence-electron chi connectivity index (χ2n) is 10.3. The van der Waals surface area contributed by atoms with Crippen LogP contribution in [0.25, 0.3) is 22.2 Å². The third-order valence-electron chi connectivity index (χ3n) is 7.84. The number of nitrogens with zero attached hydrogens (tertiary/aromatic N) is 3. The van der Waals surface area contributed by atoms with Crippen LogP contribution >= 0.6 is 0 Å². The fourth-order valence-corrected chi connectivity index (χ4v) is 5.83. The number of hydrogen-bond donors (Lipinski definition) is 1. The molecular weight excluding hydrogens is 535 g/mol. The van der Waals surface area contributed by atoms with E-state index in [1.54, 1.807) is 43.3 Å². The van der Waals surface area contributed by atoms with Crippen molar-refractivity contribution < 1.29 is 23.2 Å². The summed E-state index contributed by atoms with van der Waals surface area (Å²) in [6.07, 6.45) is 0. The third-order valence-corrected chi connectivity index (χ3v) is 7.84. The van der Waals surface area contributed by atoms with E-state index in [0.717, 1.165) is 24.5 Å². The number of esters is 1. The number of anilines is 4. The van der Waals surface area contributed by atoms with E-state index in [1.807, 2.05) is 30.3 Å². The number of carbonyl (C=O) groups is 2. The SMILES string of the molecule is CCOC(=O)c1cccc(Nc2cc(N3CCN(c4ccc(F)cc4)CC3)c3noc4c3c2C(=O)c2ccccc2-4)c1. The Balaban J connectivity index is 1.31. The lowest BCUT2D eigenvalue weighted by Gasteiger charge is -2.37. The Hall–Kier alpha value is -5.18. The van der Waals surface area contributed by atoms with Crippen LogP contribution in [0, 0.1) is 5.82 Å². The Morgan fingerprint density at radius 3 is 2.45 bits per heavy atom. The molecule has 0 radical (unpaired) electrons. The fourth-order valence-electron chi connectivity index (χ4n) is 5.83.